The van der Waals surface area contributed by atoms with Crippen molar-refractivity contribution in [1.29, 1.82) is 0 Å². The number of likely N-dealkylation sites (tertiary alicyclic amines) is 1. The first kappa shape index (κ1) is 22.6. The van der Waals surface area contributed by atoms with E-state index in [0.29, 0.717) is 6.04 Å². The SMILES string of the molecule is CN=C(NCCc1ccsc1)NC1CCN(Cc2ccc(Br)cc2)CC1.I. The van der Waals surface area contributed by atoms with Crippen molar-refractivity contribution in [2.75, 3.05) is 26.7 Å². The van der Waals surface area contributed by atoms with Crippen molar-refractivity contribution in [3.63, 3.8) is 0 Å². The number of aliphatic imine (C=N–C) groups is 1. The molecule has 0 atom stereocenters. The molecule has 1 fully saturated rings. The van der Waals surface area contributed by atoms with Crippen LogP contribution >= 0.6 is 51.2 Å². The zero-order chi connectivity index (χ0) is 18.2. The Kier molecular flexibility index (Phi) is 10.1. The van der Waals surface area contributed by atoms with E-state index in [4.69, 9.17) is 0 Å². The van der Waals surface area contributed by atoms with Crippen LogP contribution in [-0.4, -0.2) is 43.6 Å². The Balaban J connectivity index is 0.00000261. The predicted molar refractivity (Wildman–Crippen MR) is 130 cm³/mol. The van der Waals surface area contributed by atoms with Crippen LogP contribution in [0.4, 0.5) is 0 Å². The summed E-state index contributed by atoms with van der Waals surface area (Å²) in [6.45, 7) is 4.20. The summed E-state index contributed by atoms with van der Waals surface area (Å²) in [6, 6.07) is 11.3. The van der Waals surface area contributed by atoms with E-state index in [-0.39, 0.29) is 24.0 Å². The Morgan fingerprint density at radius 3 is 2.56 bits per heavy atom. The highest BCUT2D eigenvalue weighted by Gasteiger charge is 2.20. The molecule has 0 unspecified atom stereocenters. The largest absolute Gasteiger partial charge is 0.356 e. The van der Waals surface area contributed by atoms with Crippen molar-refractivity contribution in [2.45, 2.75) is 31.8 Å². The Bertz CT molecular complexity index is 683. The monoisotopic (exact) mass is 562 g/mol. The number of nitrogens with zero attached hydrogens (tertiary/aromatic N) is 2. The molecule has 0 spiro atoms. The van der Waals surface area contributed by atoms with Crippen molar-refractivity contribution in [1.82, 2.24) is 15.5 Å². The summed E-state index contributed by atoms with van der Waals surface area (Å²) < 4.78 is 1.14. The predicted octanol–water partition coefficient (Wildman–Crippen LogP) is 4.50. The van der Waals surface area contributed by atoms with E-state index in [1.54, 1.807) is 11.3 Å². The molecule has 1 aromatic heterocycles. The van der Waals surface area contributed by atoms with Crippen molar-refractivity contribution in [3.05, 3.63) is 56.7 Å². The smallest absolute Gasteiger partial charge is 0.191 e. The molecule has 7 heteroatoms. The van der Waals surface area contributed by atoms with Crippen LogP contribution in [0.3, 0.4) is 0 Å². The van der Waals surface area contributed by atoms with Gasteiger partial charge in [-0.3, -0.25) is 9.89 Å². The highest BCUT2D eigenvalue weighted by molar-refractivity contribution is 14.0. The number of thiophene rings is 1. The Morgan fingerprint density at radius 1 is 1.19 bits per heavy atom. The molecule has 0 radical (unpaired) electrons. The third-order valence-corrected chi connectivity index (χ3v) is 6.02. The Morgan fingerprint density at radius 2 is 1.93 bits per heavy atom. The van der Waals surface area contributed by atoms with Gasteiger partial charge in [0, 0.05) is 43.7 Å². The van der Waals surface area contributed by atoms with E-state index in [1.165, 1.54) is 11.1 Å². The number of hydrogen-bond donors (Lipinski definition) is 2. The molecule has 1 aliphatic rings. The molecule has 148 valence electrons. The van der Waals surface area contributed by atoms with Gasteiger partial charge in [0.2, 0.25) is 0 Å². The molecule has 3 rings (SSSR count). The van der Waals surface area contributed by atoms with Gasteiger partial charge in [-0.1, -0.05) is 28.1 Å². The normalized spacial score (nSPS) is 16.0. The van der Waals surface area contributed by atoms with Crippen molar-refractivity contribution in [2.24, 2.45) is 4.99 Å². The fraction of sp³-hybridized carbons (Fsp3) is 0.450. The number of guanidine groups is 1. The molecular weight excluding hydrogens is 535 g/mol. The standard InChI is InChI=1S/C20H27BrN4S.HI/c1-22-20(23-10-6-17-9-13-26-15-17)24-19-7-11-25(12-8-19)14-16-2-4-18(21)5-3-16;/h2-5,9,13,15,19H,6-8,10-12,14H2,1H3,(H2,22,23,24);1H. The van der Waals surface area contributed by atoms with Crippen LogP contribution in [0.25, 0.3) is 0 Å². The number of nitrogens with one attached hydrogen (secondary N) is 2. The van der Waals surface area contributed by atoms with Gasteiger partial charge in [0.1, 0.15) is 0 Å². The molecule has 0 bridgehead atoms. The molecule has 2 N–H and O–H groups in total. The lowest BCUT2D eigenvalue weighted by molar-refractivity contribution is 0.198. The van der Waals surface area contributed by atoms with E-state index < -0.39 is 0 Å². The molecule has 1 saturated heterocycles. The fourth-order valence-corrected chi connectivity index (χ4v) is 4.20. The first-order valence-electron chi connectivity index (χ1n) is 9.18. The van der Waals surface area contributed by atoms with Gasteiger partial charge in [-0.2, -0.15) is 11.3 Å². The molecule has 0 amide bonds. The molecule has 4 nitrogen and oxygen atoms in total. The number of piperidine rings is 1. The van der Waals surface area contributed by atoms with Gasteiger partial charge in [0.15, 0.2) is 5.96 Å². The van der Waals surface area contributed by atoms with Crippen LogP contribution in [0.15, 0.2) is 50.6 Å². The number of benzene rings is 1. The minimum atomic E-state index is 0. The molecule has 1 aliphatic heterocycles. The minimum Gasteiger partial charge on any atom is -0.356 e. The van der Waals surface area contributed by atoms with Gasteiger partial charge in [0.05, 0.1) is 0 Å². The van der Waals surface area contributed by atoms with Gasteiger partial charge < -0.3 is 10.6 Å². The average Bonchev–Trinajstić information content (AvgIpc) is 3.18. The zero-order valence-electron chi connectivity index (χ0n) is 15.7. The van der Waals surface area contributed by atoms with Crippen molar-refractivity contribution in [3.8, 4) is 0 Å². The lowest BCUT2D eigenvalue weighted by atomic mass is 10.0. The third-order valence-electron chi connectivity index (χ3n) is 4.76. The summed E-state index contributed by atoms with van der Waals surface area (Å²) in [5.74, 6) is 0.923. The van der Waals surface area contributed by atoms with Crippen LogP contribution in [0, 0.1) is 0 Å². The molecule has 27 heavy (non-hydrogen) atoms. The Hall–Kier alpha value is -0.640. The maximum absolute atomic E-state index is 4.37. The minimum absolute atomic E-state index is 0. The quantitative estimate of drug-likeness (QED) is 0.309. The summed E-state index contributed by atoms with van der Waals surface area (Å²) >= 11 is 5.25. The summed E-state index contributed by atoms with van der Waals surface area (Å²) in [5, 5.41) is 11.4. The third kappa shape index (κ3) is 7.71. The molecular formula is C20H28BrIN4S. The summed E-state index contributed by atoms with van der Waals surface area (Å²) in [7, 11) is 1.85. The number of hydrogen-bond acceptors (Lipinski definition) is 3. The second-order valence-electron chi connectivity index (χ2n) is 6.70. The summed E-state index contributed by atoms with van der Waals surface area (Å²) in [6.07, 6.45) is 3.35. The average molecular weight is 563 g/mol. The fourth-order valence-electron chi connectivity index (χ4n) is 3.23. The van der Waals surface area contributed by atoms with Gasteiger partial charge in [0.25, 0.3) is 0 Å². The highest BCUT2D eigenvalue weighted by atomic mass is 127. The molecule has 1 aromatic carbocycles. The van der Waals surface area contributed by atoms with Crippen LogP contribution < -0.4 is 10.6 Å². The lowest BCUT2D eigenvalue weighted by Crippen LogP contribution is -2.48. The lowest BCUT2D eigenvalue weighted by Gasteiger charge is -2.33. The van der Waals surface area contributed by atoms with Gasteiger partial charge >= 0.3 is 0 Å². The van der Waals surface area contributed by atoms with Gasteiger partial charge in [-0.05, 0) is 59.3 Å². The first-order chi connectivity index (χ1) is 12.7. The molecule has 2 aromatic rings. The number of rotatable bonds is 6. The van der Waals surface area contributed by atoms with Crippen LogP contribution in [0.1, 0.15) is 24.0 Å². The second-order valence-corrected chi connectivity index (χ2v) is 8.40. The van der Waals surface area contributed by atoms with E-state index in [2.05, 4.69) is 77.5 Å². The van der Waals surface area contributed by atoms with Crippen LogP contribution in [0.5, 0.6) is 0 Å². The summed E-state index contributed by atoms with van der Waals surface area (Å²) in [4.78, 5) is 6.91. The topological polar surface area (TPSA) is 39.7 Å². The molecule has 0 aliphatic carbocycles. The molecule has 2 heterocycles. The van der Waals surface area contributed by atoms with E-state index >= 15 is 0 Å². The van der Waals surface area contributed by atoms with Gasteiger partial charge in [-0.25, -0.2) is 0 Å². The van der Waals surface area contributed by atoms with E-state index in [1.807, 2.05) is 7.05 Å². The second kappa shape index (κ2) is 12.0. The highest BCUT2D eigenvalue weighted by Crippen LogP contribution is 2.16. The van der Waals surface area contributed by atoms with Crippen molar-refractivity contribution >= 4 is 57.2 Å². The van der Waals surface area contributed by atoms with Crippen LogP contribution in [0.2, 0.25) is 0 Å². The van der Waals surface area contributed by atoms with E-state index in [0.717, 1.165) is 55.9 Å². The first-order valence-corrected chi connectivity index (χ1v) is 10.9. The number of halogens is 2. The van der Waals surface area contributed by atoms with Gasteiger partial charge in [-0.15, -0.1) is 24.0 Å². The maximum atomic E-state index is 4.37. The van der Waals surface area contributed by atoms with Crippen molar-refractivity contribution < 1.29 is 0 Å². The van der Waals surface area contributed by atoms with Crippen LogP contribution in [-0.2, 0) is 13.0 Å². The molecule has 0 saturated carbocycles. The Labute approximate surface area is 192 Å². The maximum Gasteiger partial charge on any atom is 0.191 e. The summed E-state index contributed by atoms with van der Waals surface area (Å²) in [5.41, 5.74) is 2.77. The van der Waals surface area contributed by atoms with E-state index in [9.17, 15) is 0 Å². The zero-order valence-corrected chi connectivity index (χ0v) is 20.4.